The monoisotopic (exact) mass is 277 g/mol. The van der Waals surface area contributed by atoms with Gasteiger partial charge in [-0.1, -0.05) is 6.07 Å². The molecule has 0 radical (unpaired) electrons. The Morgan fingerprint density at radius 1 is 1.36 bits per heavy atom. The van der Waals surface area contributed by atoms with E-state index >= 15 is 0 Å². The molecule has 0 saturated carbocycles. The molecule has 1 atom stereocenters. The van der Waals surface area contributed by atoms with Crippen LogP contribution in [0.25, 0.3) is 0 Å². The predicted molar refractivity (Wildman–Crippen MR) is 62.8 cm³/mol. The van der Waals surface area contributed by atoms with Crippen molar-refractivity contribution in [3.63, 3.8) is 0 Å². The molecule has 0 aliphatic carbocycles. The third-order valence-corrected chi connectivity index (χ3v) is 2.66. The van der Waals surface area contributed by atoms with Crippen LogP contribution in [0.2, 0.25) is 0 Å². The summed E-state index contributed by atoms with van der Waals surface area (Å²) in [6, 6.07) is 4.49. The van der Waals surface area contributed by atoms with Crippen LogP contribution in [-0.2, 0) is 0 Å². The van der Waals surface area contributed by atoms with Crippen molar-refractivity contribution in [2.75, 3.05) is 19.6 Å². The molecule has 2 heterocycles. The van der Waals surface area contributed by atoms with Crippen molar-refractivity contribution in [1.82, 2.24) is 15.6 Å². The SMILES string of the molecule is Brc1ccc([C@@H]2CNCCN2)cn1.Cl. The molecule has 1 aliphatic heterocycles. The van der Waals surface area contributed by atoms with Crippen LogP contribution in [0.15, 0.2) is 22.9 Å². The van der Waals surface area contributed by atoms with Crippen LogP contribution in [0.3, 0.4) is 0 Å². The van der Waals surface area contributed by atoms with Crippen molar-refractivity contribution in [3.05, 3.63) is 28.5 Å². The lowest BCUT2D eigenvalue weighted by molar-refractivity contribution is 0.429. The Morgan fingerprint density at radius 3 is 2.79 bits per heavy atom. The van der Waals surface area contributed by atoms with Gasteiger partial charge in [0.2, 0.25) is 0 Å². The van der Waals surface area contributed by atoms with Gasteiger partial charge in [0.05, 0.1) is 0 Å². The Kier molecular flexibility index (Phi) is 4.81. The number of pyridine rings is 1. The molecule has 1 aromatic rings. The molecule has 0 bridgehead atoms. The maximum Gasteiger partial charge on any atom is 0.106 e. The first-order chi connectivity index (χ1) is 6.36. The fourth-order valence-electron chi connectivity index (χ4n) is 1.48. The lowest BCUT2D eigenvalue weighted by Gasteiger charge is -2.24. The molecule has 1 fully saturated rings. The Hall–Kier alpha value is -0.160. The number of aromatic nitrogens is 1. The molecule has 78 valence electrons. The van der Waals surface area contributed by atoms with Crippen molar-refractivity contribution < 1.29 is 0 Å². The van der Waals surface area contributed by atoms with Crippen LogP contribution in [0, 0.1) is 0 Å². The average molecular weight is 279 g/mol. The second kappa shape index (κ2) is 5.66. The molecule has 0 amide bonds. The number of hydrogen-bond acceptors (Lipinski definition) is 3. The van der Waals surface area contributed by atoms with Gasteiger partial charge in [0.15, 0.2) is 0 Å². The van der Waals surface area contributed by atoms with Crippen molar-refractivity contribution in [2.45, 2.75) is 6.04 Å². The third-order valence-electron chi connectivity index (χ3n) is 2.19. The minimum atomic E-state index is 0. The maximum atomic E-state index is 4.20. The van der Waals surface area contributed by atoms with Gasteiger partial charge < -0.3 is 10.6 Å². The van der Waals surface area contributed by atoms with E-state index in [4.69, 9.17) is 0 Å². The summed E-state index contributed by atoms with van der Waals surface area (Å²) in [4.78, 5) is 4.20. The molecule has 0 aromatic carbocycles. The van der Waals surface area contributed by atoms with Gasteiger partial charge in [-0.05, 0) is 27.6 Å². The summed E-state index contributed by atoms with van der Waals surface area (Å²) in [5, 5.41) is 6.78. The summed E-state index contributed by atoms with van der Waals surface area (Å²) in [5.74, 6) is 0. The number of halogens is 2. The highest BCUT2D eigenvalue weighted by atomic mass is 79.9. The highest BCUT2D eigenvalue weighted by molar-refractivity contribution is 9.10. The zero-order chi connectivity index (χ0) is 9.10. The molecular formula is C9H13BrClN3. The van der Waals surface area contributed by atoms with E-state index in [2.05, 4.69) is 37.6 Å². The molecule has 2 rings (SSSR count). The smallest absolute Gasteiger partial charge is 0.106 e. The lowest BCUT2D eigenvalue weighted by Crippen LogP contribution is -2.42. The fraction of sp³-hybridized carbons (Fsp3) is 0.444. The van der Waals surface area contributed by atoms with Gasteiger partial charge >= 0.3 is 0 Å². The molecule has 2 N–H and O–H groups in total. The Bertz CT molecular complexity index is 272. The number of nitrogens with one attached hydrogen (secondary N) is 2. The van der Waals surface area contributed by atoms with E-state index in [1.807, 2.05) is 12.3 Å². The highest BCUT2D eigenvalue weighted by Gasteiger charge is 2.13. The van der Waals surface area contributed by atoms with Crippen molar-refractivity contribution >= 4 is 28.3 Å². The van der Waals surface area contributed by atoms with Crippen molar-refractivity contribution in [3.8, 4) is 0 Å². The van der Waals surface area contributed by atoms with Gasteiger partial charge in [0, 0.05) is 31.9 Å². The van der Waals surface area contributed by atoms with Gasteiger partial charge in [-0.3, -0.25) is 0 Å². The van der Waals surface area contributed by atoms with E-state index in [9.17, 15) is 0 Å². The van der Waals surface area contributed by atoms with Gasteiger partial charge in [0.1, 0.15) is 4.60 Å². The summed E-state index contributed by atoms with van der Waals surface area (Å²) in [6.45, 7) is 3.07. The van der Waals surface area contributed by atoms with Gasteiger partial charge in [-0.15, -0.1) is 12.4 Å². The lowest BCUT2D eigenvalue weighted by atomic mass is 10.1. The summed E-state index contributed by atoms with van der Waals surface area (Å²) < 4.78 is 0.889. The molecule has 5 heteroatoms. The Morgan fingerprint density at radius 2 is 2.21 bits per heavy atom. The second-order valence-corrected chi connectivity index (χ2v) is 3.94. The number of nitrogens with zero attached hydrogens (tertiary/aromatic N) is 1. The van der Waals surface area contributed by atoms with E-state index < -0.39 is 0 Å². The molecule has 14 heavy (non-hydrogen) atoms. The summed E-state index contributed by atoms with van der Waals surface area (Å²) >= 11 is 3.32. The van der Waals surface area contributed by atoms with Crippen LogP contribution in [0.5, 0.6) is 0 Å². The number of piperazine rings is 1. The molecule has 3 nitrogen and oxygen atoms in total. The van der Waals surface area contributed by atoms with Gasteiger partial charge in [-0.2, -0.15) is 0 Å². The second-order valence-electron chi connectivity index (χ2n) is 3.13. The first-order valence-corrected chi connectivity index (χ1v) is 5.21. The van der Waals surface area contributed by atoms with E-state index in [1.54, 1.807) is 0 Å². The van der Waals surface area contributed by atoms with Crippen LogP contribution >= 0.6 is 28.3 Å². The van der Waals surface area contributed by atoms with Crippen LogP contribution in [0.1, 0.15) is 11.6 Å². The van der Waals surface area contributed by atoms with Crippen molar-refractivity contribution in [1.29, 1.82) is 0 Å². The summed E-state index contributed by atoms with van der Waals surface area (Å²) in [7, 11) is 0. The molecule has 1 aromatic heterocycles. The quantitative estimate of drug-likeness (QED) is 0.765. The zero-order valence-electron chi connectivity index (χ0n) is 7.66. The molecule has 1 aliphatic rings. The van der Waals surface area contributed by atoms with Crippen LogP contribution < -0.4 is 10.6 Å². The fourth-order valence-corrected chi connectivity index (χ4v) is 1.72. The standard InChI is InChI=1S/C9H12BrN3.ClH/c10-9-2-1-7(5-13-9)8-6-11-3-4-12-8;/h1-2,5,8,11-12H,3-4,6H2;1H/t8-;/m0./s1. The first-order valence-electron chi connectivity index (χ1n) is 4.42. The minimum Gasteiger partial charge on any atom is -0.314 e. The van der Waals surface area contributed by atoms with E-state index in [0.717, 1.165) is 24.2 Å². The molecular weight excluding hydrogens is 265 g/mol. The van der Waals surface area contributed by atoms with Crippen LogP contribution in [0.4, 0.5) is 0 Å². The largest absolute Gasteiger partial charge is 0.314 e. The number of hydrogen-bond donors (Lipinski definition) is 2. The van der Waals surface area contributed by atoms with E-state index in [0.29, 0.717) is 6.04 Å². The Balaban J connectivity index is 0.000000980. The van der Waals surface area contributed by atoms with E-state index in [-0.39, 0.29) is 12.4 Å². The minimum absolute atomic E-state index is 0. The summed E-state index contributed by atoms with van der Waals surface area (Å²) in [5.41, 5.74) is 1.25. The van der Waals surface area contributed by atoms with Gasteiger partial charge in [0.25, 0.3) is 0 Å². The zero-order valence-corrected chi connectivity index (χ0v) is 10.1. The van der Waals surface area contributed by atoms with Gasteiger partial charge in [-0.25, -0.2) is 4.98 Å². The summed E-state index contributed by atoms with van der Waals surface area (Å²) in [6.07, 6.45) is 1.91. The first kappa shape index (κ1) is 11.9. The van der Waals surface area contributed by atoms with Crippen LogP contribution in [-0.4, -0.2) is 24.6 Å². The molecule has 0 unspecified atom stereocenters. The third kappa shape index (κ3) is 2.92. The molecule has 1 saturated heterocycles. The average Bonchev–Trinajstić information content (AvgIpc) is 2.20. The van der Waals surface area contributed by atoms with Crippen molar-refractivity contribution in [2.24, 2.45) is 0 Å². The highest BCUT2D eigenvalue weighted by Crippen LogP contribution is 2.14. The maximum absolute atomic E-state index is 4.20. The van der Waals surface area contributed by atoms with E-state index in [1.165, 1.54) is 5.56 Å². The molecule has 0 spiro atoms. The predicted octanol–water partition coefficient (Wildman–Crippen LogP) is 1.50. The topological polar surface area (TPSA) is 37.0 Å². The normalized spacial score (nSPS) is 21.4. The number of rotatable bonds is 1. The Labute approximate surface area is 98.2 Å².